The van der Waals surface area contributed by atoms with Gasteiger partial charge in [0.05, 0.1) is 12.6 Å². The van der Waals surface area contributed by atoms with E-state index in [2.05, 4.69) is 30.4 Å². The lowest BCUT2D eigenvalue weighted by atomic mass is 10.1. The van der Waals surface area contributed by atoms with Crippen LogP contribution in [0, 0.1) is 23.7 Å². The maximum Gasteiger partial charge on any atom is 0.237 e. The van der Waals surface area contributed by atoms with Crippen molar-refractivity contribution in [2.75, 3.05) is 13.1 Å². The zero-order valence-corrected chi connectivity index (χ0v) is 9.76. The molecule has 1 aliphatic carbocycles. The average Bonchev–Trinajstić information content (AvgIpc) is 2.79. The minimum atomic E-state index is -0.158. The minimum absolute atomic E-state index is 0.0218. The van der Waals surface area contributed by atoms with Gasteiger partial charge in [-0.2, -0.15) is 0 Å². The molecule has 84 valence electrons. The van der Waals surface area contributed by atoms with Crippen molar-refractivity contribution in [3.05, 3.63) is 0 Å². The molecule has 2 unspecified atom stereocenters. The van der Waals surface area contributed by atoms with E-state index < -0.39 is 0 Å². The highest BCUT2D eigenvalue weighted by Crippen LogP contribution is 2.50. The molecule has 0 bridgehead atoms. The predicted molar refractivity (Wildman–Crippen MR) is 61.2 cm³/mol. The molecule has 0 radical (unpaired) electrons. The molecule has 0 aromatic heterocycles. The SMILES string of the molecule is C#CCNC(=O)C(C)NCC1CC1(C)C. The standard InChI is InChI=1S/C12H20N2O/c1-5-6-13-11(15)9(2)14-8-10-7-12(10,3)4/h1,9-10,14H,6-8H2,2-4H3,(H,13,15). The molecule has 1 saturated carbocycles. The first-order valence-corrected chi connectivity index (χ1v) is 5.42. The van der Waals surface area contributed by atoms with E-state index in [0.717, 1.165) is 6.54 Å². The molecule has 1 fully saturated rings. The number of carbonyl (C=O) groups excluding carboxylic acids is 1. The Balaban J connectivity index is 2.16. The number of hydrogen-bond donors (Lipinski definition) is 2. The molecular weight excluding hydrogens is 188 g/mol. The first kappa shape index (κ1) is 12.1. The van der Waals surface area contributed by atoms with E-state index in [4.69, 9.17) is 6.42 Å². The fourth-order valence-electron chi connectivity index (χ4n) is 1.63. The van der Waals surface area contributed by atoms with Crippen molar-refractivity contribution in [2.24, 2.45) is 11.3 Å². The van der Waals surface area contributed by atoms with E-state index in [-0.39, 0.29) is 11.9 Å². The summed E-state index contributed by atoms with van der Waals surface area (Å²) < 4.78 is 0. The van der Waals surface area contributed by atoms with Gasteiger partial charge >= 0.3 is 0 Å². The normalized spacial score (nSPS) is 24.0. The third kappa shape index (κ3) is 3.56. The highest BCUT2D eigenvalue weighted by atomic mass is 16.2. The monoisotopic (exact) mass is 208 g/mol. The van der Waals surface area contributed by atoms with Crippen LogP contribution in [0.15, 0.2) is 0 Å². The van der Waals surface area contributed by atoms with Gasteiger partial charge in [0, 0.05) is 0 Å². The molecule has 2 atom stereocenters. The van der Waals surface area contributed by atoms with Crippen LogP contribution in [0.4, 0.5) is 0 Å². The zero-order chi connectivity index (χ0) is 11.5. The quantitative estimate of drug-likeness (QED) is 0.655. The fourth-order valence-corrected chi connectivity index (χ4v) is 1.63. The van der Waals surface area contributed by atoms with E-state index >= 15 is 0 Å². The van der Waals surface area contributed by atoms with Gasteiger partial charge in [-0.25, -0.2) is 0 Å². The van der Waals surface area contributed by atoms with Gasteiger partial charge in [-0.1, -0.05) is 19.8 Å². The maximum atomic E-state index is 11.4. The fraction of sp³-hybridized carbons (Fsp3) is 0.750. The van der Waals surface area contributed by atoms with Gasteiger partial charge in [-0.05, 0) is 31.2 Å². The molecule has 1 rings (SSSR count). The third-order valence-electron chi connectivity index (χ3n) is 3.15. The van der Waals surface area contributed by atoms with Crippen molar-refractivity contribution in [1.29, 1.82) is 0 Å². The van der Waals surface area contributed by atoms with Crippen molar-refractivity contribution < 1.29 is 4.79 Å². The summed E-state index contributed by atoms with van der Waals surface area (Å²) in [6.45, 7) is 7.59. The topological polar surface area (TPSA) is 41.1 Å². The first-order chi connectivity index (χ1) is 6.97. The van der Waals surface area contributed by atoms with Gasteiger partial charge in [0.25, 0.3) is 0 Å². The van der Waals surface area contributed by atoms with Crippen molar-refractivity contribution in [3.8, 4) is 12.3 Å². The number of terminal acetylenes is 1. The largest absolute Gasteiger partial charge is 0.344 e. The molecule has 3 nitrogen and oxygen atoms in total. The number of amides is 1. The molecular formula is C12H20N2O. The van der Waals surface area contributed by atoms with E-state index in [1.165, 1.54) is 6.42 Å². The van der Waals surface area contributed by atoms with Crippen LogP contribution in [0.2, 0.25) is 0 Å². The van der Waals surface area contributed by atoms with Gasteiger partial charge in [0.1, 0.15) is 0 Å². The number of rotatable bonds is 5. The summed E-state index contributed by atoms with van der Waals surface area (Å²) in [5.74, 6) is 3.07. The lowest BCUT2D eigenvalue weighted by Crippen LogP contribution is -2.43. The van der Waals surface area contributed by atoms with Crippen LogP contribution in [0.1, 0.15) is 27.2 Å². The van der Waals surface area contributed by atoms with Crippen LogP contribution < -0.4 is 10.6 Å². The highest BCUT2D eigenvalue weighted by Gasteiger charge is 2.45. The van der Waals surface area contributed by atoms with Crippen molar-refractivity contribution >= 4 is 5.91 Å². The van der Waals surface area contributed by atoms with Gasteiger partial charge in [0.2, 0.25) is 5.91 Å². The lowest BCUT2D eigenvalue weighted by molar-refractivity contribution is -0.122. The van der Waals surface area contributed by atoms with Crippen LogP contribution in [0.3, 0.4) is 0 Å². The molecule has 1 aliphatic rings. The second-order valence-electron chi connectivity index (χ2n) is 4.94. The summed E-state index contributed by atoms with van der Waals surface area (Å²) in [5.41, 5.74) is 0.460. The Hall–Kier alpha value is -1.01. The summed E-state index contributed by atoms with van der Waals surface area (Å²) in [7, 11) is 0. The smallest absolute Gasteiger partial charge is 0.237 e. The molecule has 0 aliphatic heterocycles. The number of carbonyl (C=O) groups is 1. The highest BCUT2D eigenvalue weighted by molar-refractivity contribution is 5.81. The molecule has 0 saturated heterocycles. The van der Waals surface area contributed by atoms with Crippen LogP contribution in [0.5, 0.6) is 0 Å². The number of nitrogens with one attached hydrogen (secondary N) is 2. The van der Waals surface area contributed by atoms with E-state index in [0.29, 0.717) is 17.9 Å². The summed E-state index contributed by atoms with van der Waals surface area (Å²) in [6, 6.07) is -0.158. The Morgan fingerprint density at radius 2 is 2.27 bits per heavy atom. The molecule has 0 aromatic rings. The second-order valence-corrected chi connectivity index (χ2v) is 4.94. The third-order valence-corrected chi connectivity index (χ3v) is 3.15. The number of hydrogen-bond acceptors (Lipinski definition) is 2. The zero-order valence-electron chi connectivity index (χ0n) is 9.76. The van der Waals surface area contributed by atoms with Gasteiger partial charge in [0.15, 0.2) is 0 Å². The molecule has 0 aromatic carbocycles. The Kier molecular flexibility index (Phi) is 3.76. The summed E-state index contributed by atoms with van der Waals surface area (Å²) in [4.78, 5) is 11.4. The molecule has 15 heavy (non-hydrogen) atoms. The van der Waals surface area contributed by atoms with Crippen LogP contribution in [-0.4, -0.2) is 25.0 Å². The van der Waals surface area contributed by atoms with Crippen molar-refractivity contribution in [3.63, 3.8) is 0 Å². The van der Waals surface area contributed by atoms with Crippen LogP contribution >= 0.6 is 0 Å². The van der Waals surface area contributed by atoms with Crippen molar-refractivity contribution in [2.45, 2.75) is 33.2 Å². The first-order valence-electron chi connectivity index (χ1n) is 5.42. The molecule has 0 spiro atoms. The summed E-state index contributed by atoms with van der Waals surface area (Å²) >= 11 is 0. The average molecular weight is 208 g/mol. The molecule has 3 heteroatoms. The molecule has 0 heterocycles. The van der Waals surface area contributed by atoms with Crippen molar-refractivity contribution in [1.82, 2.24) is 10.6 Å². The van der Waals surface area contributed by atoms with Gasteiger partial charge in [-0.15, -0.1) is 6.42 Å². The lowest BCUT2D eigenvalue weighted by Gasteiger charge is -2.13. The van der Waals surface area contributed by atoms with Crippen LogP contribution in [-0.2, 0) is 4.79 Å². The second kappa shape index (κ2) is 4.67. The molecule has 2 N–H and O–H groups in total. The van der Waals surface area contributed by atoms with E-state index in [1.54, 1.807) is 0 Å². The summed E-state index contributed by atoms with van der Waals surface area (Å²) in [5, 5.41) is 5.89. The van der Waals surface area contributed by atoms with E-state index in [9.17, 15) is 4.79 Å². The Morgan fingerprint density at radius 1 is 1.67 bits per heavy atom. The maximum absolute atomic E-state index is 11.4. The summed E-state index contributed by atoms with van der Waals surface area (Å²) in [6.07, 6.45) is 6.31. The van der Waals surface area contributed by atoms with E-state index in [1.807, 2.05) is 6.92 Å². The Morgan fingerprint density at radius 3 is 2.73 bits per heavy atom. The predicted octanol–water partition coefficient (Wildman–Crippen LogP) is 0.760. The Labute approximate surface area is 92.0 Å². The van der Waals surface area contributed by atoms with Gasteiger partial charge in [-0.3, -0.25) is 4.79 Å². The Bertz CT molecular complexity index is 278. The minimum Gasteiger partial charge on any atom is -0.344 e. The van der Waals surface area contributed by atoms with Crippen LogP contribution in [0.25, 0.3) is 0 Å². The molecule has 1 amide bonds. The van der Waals surface area contributed by atoms with Gasteiger partial charge < -0.3 is 10.6 Å².